The van der Waals surface area contributed by atoms with E-state index in [2.05, 4.69) is 6.07 Å². The third kappa shape index (κ3) is 1.76. The summed E-state index contributed by atoms with van der Waals surface area (Å²) in [5.41, 5.74) is 13.3. The number of hydrogen-bond donors (Lipinski definition) is 2. The Labute approximate surface area is 107 Å². The number of fused-ring (bicyclic) bond motifs is 1. The number of ether oxygens (including phenoxy) is 1. The molecule has 0 saturated heterocycles. The van der Waals surface area contributed by atoms with Gasteiger partial charge in [-0.3, -0.25) is 0 Å². The zero-order valence-electron chi connectivity index (χ0n) is 10.3. The molecule has 0 amide bonds. The molecule has 4 N–H and O–H groups in total. The number of allylic oxidation sites excluding steroid dienone is 2. The zero-order chi connectivity index (χ0) is 12.6. The van der Waals surface area contributed by atoms with Gasteiger partial charge in [-0.2, -0.15) is 0 Å². The Balaban J connectivity index is 1.88. The van der Waals surface area contributed by atoms with E-state index in [-0.39, 0.29) is 12.0 Å². The molecule has 0 fully saturated rings. The summed E-state index contributed by atoms with van der Waals surface area (Å²) in [7, 11) is 0. The fourth-order valence-electron chi connectivity index (χ4n) is 2.74. The minimum absolute atomic E-state index is 0.152. The van der Waals surface area contributed by atoms with E-state index >= 15 is 0 Å². The second kappa shape index (κ2) is 4.26. The maximum Gasteiger partial charge on any atom is 0.122 e. The van der Waals surface area contributed by atoms with Gasteiger partial charge in [0.05, 0.1) is 12.1 Å². The molecule has 0 spiro atoms. The number of rotatable bonds is 1. The minimum atomic E-state index is -0.512. The lowest BCUT2D eigenvalue weighted by Crippen LogP contribution is -2.61. The second-order valence-electron chi connectivity index (χ2n) is 5.09. The Morgan fingerprint density at radius 3 is 2.89 bits per heavy atom. The summed E-state index contributed by atoms with van der Waals surface area (Å²) < 4.78 is 5.81. The Bertz CT molecular complexity index is 509. The van der Waals surface area contributed by atoms with Crippen LogP contribution >= 0.6 is 0 Å². The molecule has 0 aromatic heterocycles. The molecule has 1 aliphatic heterocycles. The minimum Gasteiger partial charge on any atom is -0.493 e. The summed E-state index contributed by atoms with van der Waals surface area (Å²) in [6, 6.07) is 7.97. The van der Waals surface area contributed by atoms with Crippen molar-refractivity contribution in [1.29, 1.82) is 0 Å². The molecule has 1 aromatic carbocycles. The monoisotopic (exact) mass is 242 g/mol. The molecule has 3 unspecified atom stereocenters. The summed E-state index contributed by atoms with van der Waals surface area (Å²) >= 11 is 0. The second-order valence-corrected chi connectivity index (χ2v) is 5.09. The summed E-state index contributed by atoms with van der Waals surface area (Å²) in [6.07, 6.45) is 8.82. The van der Waals surface area contributed by atoms with E-state index in [0.29, 0.717) is 6.61 Å². The van der Waals surface area contributed by atoms with Gasteiger partial charge in [-0.1, -0.05) is 42.5 Å². The Kier molecular flexibility index (Phi) is 2.73. The van der Waals surface area contributed by atoms with Crippen LogP contribution in [0.4, 0.5) is 0 Å². The van der Waals surface area contributed by atoms with Crippen LogP contribution < -0.4 is 16.2 Å². The van der Waals surface area contributed by atoms with Crippen LogP contribution in [0.25, 0.3) is 0 Å². The molecular formula is C15H18N2O. The first-order valence-corrected chi connectivity index (χ1v) is 6.31. The van der Waals surface area contributed by atoms with Gasteiger partial charge in [0.15, 0.2) is 0 Å². The summed E-state index contributed by atoms with van der Waals surface area (Å²) in [4.78, 5) is 0. The third-order valence-corrected chi connectivity index (χ3v) is 3.98. The van der Waals surface area contributed by atoms with Crippen molar-refractivity contribution in [3.05, 3.63) is 54.1 Å². The van der Waals surface area contributed by atoms with Crippen LogP contribution in [0.3, 0.4) is 0 Å². The van der Waals surface area contributed by atoms with Crippen molar-refractivity contribution in [2.45, 2.75) is 18.0 Å². The topological polar surface area (TPSA) is 61.3 Å². The van der Waals surface area contributed by atoms with Crippen LogP contribution in [0.2, 0.25) is 0 Å². The first kappa shape index (κ1) is 11.5. The first-order valence-electron chi connectivity index (χ1n) is 6.31. The number of benzene rings is 1. The van der Waals surface area contributed by atoms with Gasteiger partial charge in [0.2, 0.25) is 0 Å². The highest BCUT2D eigenvalue weighted by Gasteiger charge is 2.40. The molecule has 1 heterocycles. The van der Waals surface area contributed by atoms with Gasteiger partial charge in [-0.05, 0) is 18.1 Å². The standard InChI is InChI=1S/C15H18N2O/c16-14-7-3-4-8-15(14,17)12-9-11-5-1-2-6-13(11)18-10-12/h1-8,12,14H,9-10,16-17H2. The summed E-state index contributed by atoms with van der Waals surface area (Å²) in [5, 5.41) is 0. The Morgan fingerprint density at radius 1 is 1.22 bits per heavy atom. The maximum atomic E-state index is 6.49. The fraction of sp³-hybridized carbons (Fsp3) is 0.333. The molecule has 3 atom stereocenters. The van der Waals surface area contributed by atoms with Crippen molar-refractivity contribution < 1.29 is 4.74 Å². The largest absolute Gasteiger partial charge is 0.493 e. The van der Waals surface area contributed by atoms with E-state index in [1.54, 1.807) is 0 Å². The number of hydrogen-bond acceptors (Lipinski definition) is 3. The molecule has 18 heavy (non-hydrogen) atoms. The van der Waals surface area contributed by atoms with Gasteiger partial charge in [-0.25, -0.2) is 0 Å². The summed E-state index contributed by atoms with van der Waals surface area (Å²) in [5.74, 6) is 1.19. The van der Waals surface area contributed by atoms with E-state index < -0.39 is 5.54 Å². The molecule has 0 bridgehead atoms. The normalized spacial score (nSPS) is 33.9. The van der Waals surface area contributed by atoms with E-state index in [9.17, 15) is 0 Å². The van der Waals surface area contributed by atoms with Crippen molar-refractivity contribution in [1.82, 2.24) is 0 Å². The molecule has 0 saturated carbocycles. The van der Waals surface area contributed by atoms with Crippen molar-refractivity contribution >= 4 is 0 Å². The summed E-state index contributed by atoms with van der Waals surface area (Å²) in [6.45, 7) is 0.624. The molecule has 1 aromatic rings. The Morgan fingerprint density at radius 2 is 2.06 bits per heavy atom. The number of para-hydroxylation sites is 1. The quantitative estimate of drug-likeness (QED) is 0.782. The predicted molar refractivity (Wildman–Crippen MR) is 72.3 cm³/mol. The third-order valence-electron chi connectivity index (χ3n) is 3.98. The maximum absolute atomic E-state index is 6.49. The molecule has 3 heteroatoms. The highest BCUT2D eigenvalue weighted by molar-refractivity contribution is 5.37. The molecule has 2 aliphatic rings. The first-order chi connectivity index (χ1) is 8.70. The SMILES string of the molecule is NC1C=CC=CC1(N)C1COc2ccccc2C1. The molecule has 1 aliphatic carbocycles. The molecule has 3 rings (SSSR count). The van der Waals surface area contributed by atoms with Crippen LogP contribution in [0, 0.1) is 5.92 Å². The highest BCUT2D eigenvalue weighted by Crippen LogP contribution is 2.34. The smallest absolute Gasteiger partial charge is 0.122 e. The van der Waals surface area contributed by atoms with Crippen LogP contribution in [0.15, 0.2) is 48.6 Å². The average Bonchev–Trinajstić information content (AvgIpc) is 2.42. The average molecular weight is 242 g/mol. The van der Waals surface area contributed by atoms with E-state index in [4.69, 9.17) is 16.2 Å². The highest BCUT2D eigenvalue weighted by atomic mass is 16.5. The van der Waals surface area contributed by atoms with Gasteiger partial charge in [0.25, 0.3) is 0 Å². The number of nitrogens with two attached hydrogens (primary N) is 2. The molecule has 94 valence electrons. The van der Waals surface area contributed by atoms with Crippen LogP contribution in [-0.2, 0) is 6.42 Å². The lowest BCUT2D eigenvalue weighted by Gasteiger charge is -2.41. The van der Waals surface area contributed by atoms with Gasteiger partial charge in [0.1, 0.15) is 5.75 Å². The van der Waals surface area contributed by atoms with Crippen molar-refractivity contribution in [2.24, 2.45) is 17.4 Å². The van der Waals surface area contributed by atoms with Crippen molar-refractivity contribution in [3.63, 3.8) is 0 Å². The lowest BCUT2D eigenvalue weighted by atomic mass is 9.73. The van der Waals surface area contributed by atoms with Crippen molar-refractivity contribution in [3.8, 4) is 5.75 Å². The van der Waals surface area contributed by atoms with Crippen LogP contribution in [0.1, 0.15) is 5.56 Å². The fourth-order valence-corrected chi connectivity index (χ4v) is 2.74. The van der Waals surface area contributed by atoms with Crippen LogP contribution in [-0.4, -0.2) is 18.2 Å². The predicted octanol–water partition coefficient (Wildman–Crippen LogP) is 1.39. The Hall–Kier alpha value is -1.58. The molecular weight excluding hydrogens is 224 g/mol. The van der Waals surface area contributed by atoms with E-state index in [1.165, 1.54) is 5.56 Å². The van der Waals surface area contributed by atoms with Gasteiger partial charge >= 0.3 is 0 Å². The van der Waals surface area contributed by atoms with Gasteiger partial charge in [0, 0.05) is 12.0 Å². The van der Waals surface area contributed by atoms with Gasteiger partial charge in [-0.15, -0.1) is 0 Å². The van der Waals surface area contributed by atoms with E-state index in [0.717, 1.165) is 12.2 Å². The van der Waals surface area contributed by atoms with Gasteiger partial charge < -0.3 is 16.2 Å². The molecule has 0 radical (unpaired) electrons. The van der Waals surface area contributed by atoms with Crippen LogP contribution in [0.5, 0.6) is 5.75 Å². The lowest BCUT2D eigenvalue weighted by molar-refractivity contribution is 0.162. The van der Waals surface area contributed by atoms with E-state index in [1.807, 2.05) is 42.5 Å². The zero-order valence-corrected chi connectivity index (χ0v) is 10.3. The molecule has 3 nitrogen and oxygen atoms in total. The van der Waals surface area contributed by atoms with Crippen molar-refractivity contribution in [2.75, 3.05) is 6.61 Å².